The molecule has 1 aromatic carbocycles. The van der Waals surface area contributed by atoms with Crippen LogP contribution in [0.1, 0.15) is 86.2 Å². The highest BCUT2D eigenvalue weighted by Gasteiger charge is 2.32. The van der Waals surface area contributed by atoms with Gasteiger partial charge in [-0.2, -0.15) is 0 Å². The van der Waals surface area contributed by atoms with Gasteiger partial charge in [0, 0.05) is 21.0 Å². The highest BCUT2D eigenvalue weighted by atomic mass is 35.5. The molecule has 184 valence electrons. The zero-order chi connectivity index (χ0) is 25.4. The summed E-state index contributed by atoms with van der Waals surface area (Å²) in [6.45, 7) is 14.6. The van der Waals surface area contributed by atoms with Gasteiger partial charge in [-0.1, -0.05) is 64.3 Å². The summed E-state index contributed by atoms with van der Waals surface area (Å²) >= 11 is 7.77. The Hall–Kier alpha value is -2.51. The molecule has 0 saturated heterocycles. The van der Waals surface area contributed by atoms with E-state index in [4.69, 9.17) is 21.3 Å². The number of benzene rings is 1. The van der Waals surface area contributed by atoms with Crippen LogP contribution in [0.2, 0.25) is 5.02 Å². The lowest BCUT2D eigenvalue weighted by Gasteiger charge is -2.11. The Balaban J connectivity index is 0.000000618. The van der Waals surface area contributed by atoms with Crippen molar-refractivity contribution in [3.63, 3.8) is 0 Å². The fourth-order valence-corrected chi connectivity index (χ4v) is 4.71. The Bertz CT molecular complexity index is 1130. The van der Waals surface area contributed by atoms with Gasteiger partial charge in [0.25, 0.3) is 0 Å². The maximum absolute atomic E-state index is 12.1. The predicted octanol–water partition coefficient (Wildman–Crippen LogP) is 7.20. The van der Waals surface area contributed by atoms with Crippen molar-refractivity contribution in [2.45, 2.75) is 73.8 Å². The molecule has 2 aromatic heterocycles. The van der Waals surface area contributed by atoms with Gasteiger partial charge in [-0.05, 0) is 38.5 Å². The van der Waals surface area contributed by atoms with Crippen LogP contribution in [0, 0.1) is 20.8 Å². The zero-order valence-electron chi connectivity index (χ0n) is 21.4. The number of hydrogen-bond donors (Lipinski definition) is 0. The number of carbonyl (C=O) groups is 1. The molecule has 1 atom stereocenters. The highest BCUT2D eigenvalue weighted by molar-refractivity contribution is 7.15. The number of hydrogen-bond acceptors (Lipinski definition) is 6. The van der Waals surface area contributed by atoms with Gasteiger partial charge in [-0.15, -0.1) is 21.5 Å². The second kappa shape index (κ2) is 12.8. The number of rotatable bonds is 3. The molecule has 1 aliphatic heterocycles. The van der Waals surface area contributed by atoms with Crippen LogP contribution in [0.15, 0.2) is 29.3 Å². The number of methoxy groups -OCH3 is 1. The number of aliphatic imine (C=N–C) groups is 1. The first kappa shape index (κ1) is 27.7. The Kier molecular flexibility index (Phi) is 10.5. The minimum absolute atomic E-state index is 0.0959. The van der Waals surface area contributed by atoms with Gasteiger partial charge in [-0.25, -0.2) is 0 Å². The molecule has 0 N–H and O–H groups in total. The van der Waals surface area contributed by atoms with Crippen LogP contribution in [0.3, 0.4) is 0 Å². The quantitative estimate of drug-likeness (QED) is 0.355. The van der Waals surface area contributed by atoms with Gasteiger partial charge in [0.2, 0.25) is 0 Å². The number of halogens is 1. The molecule has 0 saturated carbocycles. The molecule has 0 bridgehead atoms. The van der Waals surface area contributed by atoms with Crippen molar-refractivity contribution in [3.05, 3.63) is 62.5 Å². The molecule has 3 heterocycles. The average Bonchev–Trinajstić information content (AvgIpc) is 3.27. The molecule has 0 radical (unpaired) electrons. The molecule has 0 fully saturated rings. The number of aromatic nitrogens is 3. The summed E-state index contributed by atoms with van der Waals surface area (Å²) in [5.74, 6) is 1.07. The third kappa shape index (κ3) is 6.13. The number of ether oxygens (including phenoxy) is 1. The van der Waals surface area contributed by atoms with Gasteiger partial charge < -0.3 is 4.74 Å². The van der Waals surface area contributed by atoms with Crippen LogP contribution in [0.25, 0.3) is 5.00 Å². The van der Waals surface area contributed by atoms with Gasteiger partial charge >= 0.3 is 5.97 Å². The van der Waals surface area contributed by atoms with Crippen LogP contribution in [-0.4, -0.2) is 33.6 Å². The summed E-state index contributed by atoms with van der Waals surface area (Å²) in [6.07, 6.45) is 2.60. The molecule has 0 unspecified atom stereocenters. The second-order valence-corrected chi connectivity index (χ2v) is 9.74. The summed E-state index contributed by atoms with van der Waals surface area (Å²) in [6, 6.07) is 7.11. The molecular weight excluding hydrogens is 468 g/mol. The van der Waals surface area contributed by atoms with Crippen molar-refractivity contribution in [1.82, 2.24) is 14.8 Å². The summed E-state index contributed by atoms with van der Waals surface area (Å²) in [7, 11) is 1.38. The molecule has 4 rings (SSSR count). The van der Waals surface area contributed by atoms with Gasteiger partial charge in [0.05, 0.1) is 19.2 Å². The van der Waals surface area contributed by atoms with E-state index in [1.807, 2.05) is 35.8 Å². The minimum Gasteiger partial charge on any atom is -0.469 e. The lowest BCUT2D eigenvalue weighted by Crippen LogP contribution is -2.12. The lowest BCUT2D eigenvalue weighted by atomic mass is 9.99. The number of esters is 1. The Morgan fingerprint density at radius 1 is 1.06 bits per heavy atom. The summed E-state index contributed by atoms with van der Waals surface area (Å²) in [5.41, 5.74) is 3.97. The first-order valence-electron chi connectivity index (χ1n) is 11.7. The third-order valence-electron chi connectivity index (χ3n) is 4.94. The van der Waals surface area contributed by atoms with Crippen molar-refractivity contribution >= 4 is 34.6 Å². The maximum Gasteiger partial charge on any atom is 0.308 e. The Morgan fingerprint density at radius 3 is 2.21 bits per heavy atom. The second-order valence-electron chi connectivity index (χ2n) is 8.10. The molecule has 1 aliphatic rings. The van der Waals surface area contributed by atoms with E-state index in [0.717, 1.165) is 33.2 Å². The smallest absolute Gasteiger partial charge is 0.308 e. The van der Waals surface area contributed by atoms with E-state index in [-0.39, 0.29) is 12.4 Å². The first-order valence-corrected chi connectivity index (χ1v) is 12.9. The van der Waals surface area contributed by atoms with Crippen LogP contribution < -0.4 is 0 Å². The van der Waals surface area contributed by atoms with Crippen molar-refractivity contribution in [1.29, 1.82) is 0 Å². The zero-order valence-corrected chi connectivity index (χ0v) is 23.0. The molecule has 6 nitrogen and oxygen atoms in total. The van der Waals surface area contributed by atoms with E-state index in [9.17, 15) is 4.79 Å². The molecule has 0 amide bonds. The fourth-order valence-electron chi connectivity index (χ4n) is 3.37. The Morgan fingerprint density at radius 2 is 1.65 bits per heavy atom. The van der Waals surface area contributed by atoms with E-state index in [1.54, 1.807) is 11.3 Å². The standard InChI is InChI=1S/C20H19ClN4O2S.2C3H8/c1-10-11(2)28-20-17(10)18(13-5-7-14(21)8-6-13)22-15(9-16(26)27-4)19-24-23-12(3)25(19)20;2*1-3-2/h5-8,15H,9H2,1-4H3;2*3H2,1-2H3/t15-;;/m0../s1. The number of fused-ring (bicyclic) bond motifs is 3. The van der Waals surface area contributed by atoms with E-state index >= 15 is 0 Å². The van der Waals surface area contributed by atoms with Crippen LogP contribution in [0.4, 0.5) is 0 Å². The molecule has 8 heteroatoms. The van der Waals surface area contributed by atoms with Gasteiger partial charge in [0.1, 0.15) is 16.9 Å². The summed E-state index contributed by atoms with van der Waals surface area (Å²) in [5, 5.41) is 10.3. The molecule has 0 spiro atoms. The SMILES string of the molecule is CCC.CCC.COC(=O)C[C@@H]1N=C(c2ccc(Cl)cc2)c2c(sc(C)c2C)-n2c(C)nnc21. The normalized spacial score (nSPS) is 13.8. The number of aryl methyl sites for hydroxylation is 2. The van der Waals surface area contributed by atoms with Crippen LogP contribution in [-0.2, 0) is 9.53 Å². The maximum atomic E-state index is 12.1. The molecular formula is C26H35ClN4O2S. The monoisotopic (exact) mass is 502 g/mol. The number of thiophene rings is 1. The van der Waals surface area contributed by atoms with Gasteiger partial charge in [0.15, 0.2) is 5.82 Å². The molecule has 3 aromatic rings. The minimum atomic E-state index is -0.487. The van der Waals surface area contributed by atoms with Crippen molar-refractivity contribution in [3.8, 4) is 5.00 Å². The topological polar surface area (TPSA) is 69.4 Å². The summed E-state index contributed by atoms with van der Waals surface area (Å²) < 4.78 is 6.91. The molecule has 34 heavy (non-hydrogen) atoms. The van der Waals surface area contributed by atoms with E-state index in [2.05, 4.69) is 51.7 Å². The highest BCUT2D eigenvalue weighted by Crippen LogP contribution is 2.39. The average molecular weight is 503 g/mol. The van der Waals surface area contributed by atoms with Crippen molar-refractivity contribution in [2.75, 3.05) is 7.11 Å². The number of nitrogens with zero attached hydrogens (tertiary/aromatic N) is 4. The summed E-state index contributed by atoms with van der Waals surface area (Å²) in [4.78, 5) is 18.3. The van der Waals surface area contributed by atoms with Crippen LogP contribution in [0.5, 0.6) is 0 Å². The largest absolute Gasteiger partial charge is 0.469 e. The van der Waals surface area contributed by atoms with Crippen molar-refractivity contribution < 1.29 is 9.53 Å². The predicted molar refractivity (Wildman–Crippen MR) is 142 cm³/mol. The first-order chi connectivity index (χ1) is 16.2. The van der Waals surface area contributed by atoms with E-state index < -0.39 is 6.04 Å². The number of carbonyl (C=O) groups excluding carboxylic acids is 1. The van der Waals surface area contributed by atoms with Crippen LogP contribution >= 0.6 is 22.9 Å². The van der Waals surface area contributed by atoms with E-state index in [1.165, 1.54) is 24.8 Å². The van der Waals surface area contributed by atoms with Gasteiger partial charge in [-0.3, -0.25) is 14.4 Å². The lowest BCUT2D eigenvalue weighted by molar-refractivity contribution is -0.141. The Labute approximate surface area is 212 Å². The van der Waals surface area contributed by atoms with Crippen molar-refractivity contribution in [2.24, 2.45) is 4.99 Å². The third-order valence-corrected chi connectivity index (χ3v) is 6.39. The fraction of sp³-hybridized carbons (Fsp3) is 0.462. The van der Waals surface area contributed by atoms with E-state index in [0.29, 0.717) is 10.8 Å². The molecule has 0 aliphatic carbocycles.